The number of benzene rings is 1. The standard InChI is InChI=1S/C16H24ClNO/c1-5-6-18-10-15-7-13(3)16(14(4)8-15)19-11-12(2)9-17/h7-9,18H,5-6,10-11H2,1-4H3/b12-9+. The lowest BCUT2D eigenvalue weighted by atomic mass is 10.1. The Morgan fingerprint density at radius 1 is 1.32 bits per heavy atom. The molecular formula is C16H24ClNO. The van der Waals surface area contributed by atoms with E-state index in [9.17, 15) is 0 Å². The van der Waals surface area contributed by atoms with Crippen molar-refractivity contribution in [1.82, 2.24) is 5.32 Å². The maximum atomic E-state index is 5.83. The predicted octanol–water partition coefficient (Wildman–Crippen LogP) is 4.32. The first kappa shape index (κ1) is 16.1. The fraction of sp³-hybridized carbons (Fsp3) is 0.500. The van der Waals surface area contributed by atoms with E-state index in [0.29, 0.717) is 6.61 Å². The fourth-order valence-electron chi connectivity index (χ4n) is 2.00. The molecule has 0 saturated carbocycles. The third-order valence-corrected chi connectivity index (χ3v) is 3.28. The molecule has 0 spiro atoms. The molecular weight excluding hydrogens is 258 g/mol. The molecule has 0 aromatic heterocycles. The molecule has 106 valence electrons. The van der Waals surface area contributed by atoms with Crippen molar-refractivity contribution in [2.24, 2.45) is 0 Å². The van der Waals surface area contributed by atoms with Crippen LogP contribution in [-0.4, -0.2) is 13.2 Å². The van der Waals surface area contributed by atoms with E-state index in [2.05, 4.69) is 38.2 Å². The number of nitrogens with one attached hydrogen (secondary N) is 1. The van der Waals surface area contributed by atoms with Crippen LogP contribution in [0.4, 0.5) is 0 Å². The summed E-state index contributed by atoms with van der Waals surface area (Å²) in [5.74, 6) is 0.970. The minimum absolute atomic E-state index is 0.540. The summed E-state index contributed by atoms with van der Waals surface area (Å²) in [5.41, 5.74) is 6.24. The van der Waals surface area contributed by atoms with Gasteiger partial charge in [-0.25, -0.2) is 0 Å². The number of halogens is 1. The lowest BCUT2D eigenvalue weighted by Gasteiger charge is -2.14. The Kier molecular flexibility index (Phi) is 6.96. The average Bonchev–Trinajstić information content (AvgIpc) is 2.37. The van der Waals surface area contributed by atoms with Crippen LogP contribution in [0.5, 0.6) is 5.75 Å². The van der Waals surface area contributed by atoms with E-state index >= 15 is 0 Å². The molecule has 0 aliphatic rings. The van der Waals surface area contributed by atoms with Crippen molar-refractivity contribution in [3.05, 3.63) is 39.9 Å². The SMILES string of the molecule is CCCNCc1cc(C)c(OC/C(C)=C/Cl)c(C)c1. The second-order valence-electron chi connectivity index (χ2n) is 4.98. The first-order valence-electron chi connectivity index (χ1n) is 6.78. The number of hydrogen-bond acceptors (Lipinski definition) is 2. The van der Waals surface area contributed by atoms with Crippen molar-refractivity contribution in [3.63, 3.8) is 0 Å². The molecule has 0 atom stereocenters. The van der Waals surface area contributed by atoms with Gasteiger partial charge in [0.1, 0.15) is 12.4 Å². The lowest BCUT2D eigenvalue weighted by Crippen LogP contribution is -2.14. The van der Waals surface area contributed by atoms with Gasteiger partial charge in [0.05, 0.1) is 0 Å². The normalized spacial score (nSPS) is 11.7. The Morgan fingerprint density at radius 2 is 1.95 bits per heavy atom. The van der Waals surface area contributed by atoms with Crippen LogP contribution >= 0.6 is 11.6 Å². The van der Waals surface area contributed by atoms with E-state index < -0.39 is 0 Å². The maximum absolute atomic E-state index is 5.83. The fourth-order valence-corrected chi connectivity index (χ4v) is 2.06. The van der Waals surface area contributed by atoms with Crippen LogP contribution in [-0.2, 0) is 6.54 Å². The number of ether oxygens (including phenoxy) is 1. The zero-order valence-corrected chi connectivity index (χ0v) is 13.1. The topological polar surface area (TPSA) is 21.3 Å². The van der Waals surface area contributed by atoms with Gasteiger partial charge in [-0.15, -0.1) is 0 Å². The molecule has 2 nitrogen and oxygen atoms in total. The molecule has 0 bridgehead atoms. The first-order chi connectivity index (χ1) is 9.08. The predicted molar refractivity (Wildman–Crippen MR) is 83.0 cm³/mol. The summed E-state index contributed by atoms with van der Waals surface area (Å²) >= 11 is 5.64. The highest BCUT2D eigenvalue weighted by molar-refractivity contribution is 6.25. The molecule has 0 saturated heterocycles. The zero-order chi connectivity index (χ0) is 14.3. The van der Waals surface area contributed by atoms with Crippen molar-refractivity contribution >= 4 is 11.6 Å². The quantitative estimate of drug-likeness (QED) is 0.752. The van der Waals surface area contributed by atoms with Gasteiger partial charge in [-0.2, -0.15) is 0 Å². The van der Waals surface area contributed by atoms with Gasteiger partial charge in [0.15, 0.2) is 0 Å². The molecule has 19 heavy (non-hydrogen) atoms. The van der Waals surface area contributed by atoms with Crippen LogP contribution in [0.15, 0.2) is 23.2 Å². The molecule has 0 heterocycles. The summed E-state index contributed by atoms with van der Waals surface area (Å²) in [6.45, 7) is 10.8. The van der Waals surface area contributed by atoms with Crippen molar-refractivity contribution in [3.8, 4) is 5.75 Å². The summed E-state index contributed by atoms with van der Waals surface area (Å²) in [5, 5.41) is 3.42. The second-order valence-corrected chi connectivity index (χ2v) is 5.20. The van der Waals surface area contributed by atoms with E-state index in [-0.39, 0.29) is 0 Å². The summed E-state index contributed by atoms with van der Waals surface area (Å²) in [7, 11) is 0. The summed E-state index contributed by atoms with van der Waals surface area (Å²) < 4.78 is 5.83. The van der Waals surface area contributed by atoms with E-state index in [4.69, 9.17) is 16.3 Å². The number of hydrogen-bond donors (Lipinski definition) is 1. The Labute approximate surface area is 121 Å². The zero-order valence-electron chi connectivity index (χ0n) is 12.3. The Hall–Kier alpha value is -0.990. The van der Waals surface area contributed by atoms with E-state index in [0.717, 1.165) is 30.8 Å². The van der Waals surface area contributed by atoms with Gasteiger partial charge >= 0.3 is 0 Å². The Morgan fingerprint density at radius 3 is 2.47 bits per heavy atom. The van der Waals surface area contributed by atoms with Gasteiger partial charge < -0.3 is 10.1 Å². The number of aryl methyl sites for hydroxylation is 2. The molecule has 1 N–H and O–H groups in total. The third kappa shape index (κ3) is 5.25. The van der Waals surface area contributed by atoms with Gasteiger partial charge in [0.2, 0.25) is 0 Å². The molecule has 0 amide bonds. The molecule has 0 aliphatic heterocycles. The highest BCUT2D eigenvalue weighted by Crippen LogP contribution is 2.25. The molecule has 0 fully saturated rings. The smallest absolute Gasteiger partial charge is 0.125 e. The average molecular weight is 282 g/mol. The van der Waals surface area contributed by atoms with E-state index in [1.165, 1.54) is 16.7 Å². The van der Waals surface area contributed by atoms with Gasteiger partial charge in [-0.05, 0) is 56.0 Å². The molecule has 3 heteroatoms. The minimum Gasteiger partial charge on any atom is -0.489 e. The van der Waals surface area contributed by atoms with Crippen LogP contribution in [0.25, 0.3) is 0 Å². The summed E-state index contributed by atoms with van der Waals surface area (Å²) in [6, 6.07) is 4.37. The Balaban J connectivity index is 2.73. The third-order valence-electron chi connectivity index (χ3n) is 2.91. The van der Waals surface area contributed by atoms with E-state index in [1.54, 1.807) is 5.54 Å². The monoisotopic (exact) mass is 281 g/mol. The van der Waals surface area contributed by atoms with Crippen LogP contribution < -0.4 is 10.1 Å². The molecule has 0 radical (unpaired) electrons. The van der Waals surface area contributed by atoms with Crippen molar-refractivity contribution in [2.75, 3.05) is 13.2 Å². The molecule has 0 aliphatic carbocycles. The molecule has 0 unspecified atom stereocenters. The first-order valence-corrected chi connectivity index (χ1v) is 7.21. The lowest BCUT2D eigenvalue weighted by molar-refractivity contribution is 0.347. The van der Waals surface area contributed by atoms with Crippen molar-refractivity contribution in [1.29, 1.82) is 0 Å². The largest absolute Gasteiger partial charge is 0.489 e. The number of rotatable bonds is 7. The van der Waals surface area contributed by atoms with Gasteiger partial charge in [-0.3, -0.25) is 0 Å². The maximum Gasteiger partial charge on any atom is 0.125 e. The second kappa shape index (κ2) is 8.23. The highest BCUT2D eigenvalue weighted by Gasteiger charge is 2.06. The Bertz CT molecular complexity index is 417. The van der Waals surface area contributed by atoms with Crippen molar-refractivity contribution < 1.29 is 4.74 Å². The van der Waals surface area contributed by atoms with Crippen LogP contribution in [0.2, 0.25) is 0 Å². The van der Waals surface area contributed by atoms with Crippen molar-refractivity contribution in [2.45, 2.75) is 40.7 Å². The van der Waals surface area contributed by atoms with Gasteiger partial charge in [0, 0.05) is 12.1 Å². The van der Waals surface area contributed by atoms with Crippen LogP contribution in [0.1, 0.15) is 37.0 Å². The molecule has 1 aromatic rings. The van der Waals surface area contributed by atoms with Gasteiger partial charge in [0.25, 0.3) is 0 Å². The van der Waals surface area contributed by atoms with E-state index in [1.807, 2.05) is 6.92 Å². The minimum atomic E-state index is 0.540. The molecule has 1 rings (SSSR count). The summed E-state index contributed by atoms with van der Waals surface area (Å²) in [4.78, 5) is 0. The molecule has 1 aromatic carbocycles. The van der Waals surface area contributed by atoms with Crippen LogP contribution in [0.3, 0.4) is 0 Å². The van der Waals surface area contributed by atoms with Crippen LogP contribution in [0, 0.1) is 13.8 Å². The highest BCUT2D eigenvalue weighted by atomic mass is 35.5. The van der Waals surface area contributed by atoms with Gasteiger partial charge in [-0.1, -0.05) is 30.7 Å². The summed E-state index contributed by atoms with van der Waals surface area (Å²) in [6.07, 6.45) is 1.16.